The number of alkyl halides is 3. The molecule has 1 aromatic carbocycles. The van der Waals surface area contributed by atoms with Crippen molar-refractivity contribution in [2.45, 2.75) is 13.1 Å². The first-order valence-electron chi connectivity index (χ1n) is 6.53. The molecule has 1 aromatic heterocycles. The van der Waals surface area contributed by atoms with Crippen molar-refractivity contribution in [1.82, 2.24) is 9.55 Å². The predicted molar refractivity (Wildman–Crippen MR) is 78.6 cm³/mol. The van der Waals surface area contributed by atoms with Gasteiger partial charge in [-0.3, -0.25) is 9.36 Å². The Morgan fingerprint density at radius 1 is 1.30 bits per heavy atom. The van der Waals surface area contributed by atoms with E-state index >= 15 is 0 Å². The minimum Gasteiger partial charge on any atom is -0.309 e. The Morgan fingerprint density at radius 3 is 2.48 bits per heavy atom. The number of hydrogen-bond acceptors (Lipinski definition) is 3. The molecule has 0 saturated carbocycles. The summed E-state index contributed by atoms with van der Waals surface area (Å²) >= 11 is 5.67. The molecule has 23 heavy (non-hydrogen) atoms. The SMILES string of the molecule is CCN(c1ccc(Cl)cc1F)c1nc(C(F)(F)F)cc(=O)n1C. The van der Waals surface area contributed by atoms with Gasteiger partial charge in [0.2, 0.25) is 5.95 Å². The van der Waals surface area contributed by atoms with Crippen LogP contribution in [0.2, 0.25) is 5.02 Å². The van der Waals surface area contributed by atoms with Crippen LogP contribution in [0.15, 0.2) is 29.1 Å². The third-order valence-corrected chi connectivity index (χ3v) is 3.39. The Balaban J connectivity index is 2.66. The molecular weight excluding hydrogens is 338 g/mol. The molecule has 0 fully saturated rings. The van der Waals surface area contributed by atoms with Crippen molar-refractivity contribution in [3.8, 4) is 0 Å². The number of hydrogen-bond donors (Lipinski definition) is 0. The van der Waals surface area contributed by atoms with Gasteiger partial charge in [0.05, 0.1) is 5.69 Å². The van der Waals surface area contributed by atoms with E-state index in [9.17, 15) is 22.4 Å². The summed E-state index contributed by atoms with van der Waals surface area (Å²) in [4.78, 5) is 16.4. The van der Waals surface area contributed by atoms with Crippen molar-refractivity contribution >= 4 is 23.2 Å². The Bertz CT molecular complexity index is 789. The molecule has 0 spiro atoms. The molecule has 4 nitrogen and oxygen atoms in total. The van der Waals surface area contributed by atoms with Crippen LogP contribution in [0.1, 0.15) is 12.6 Å². The molecule has 0 radical (unpaired) electrons. The van der Waals surface area contributed by atoms with Crippen LogP contribution in [0.5, 0.6) is 0 Å². The molecule has 2 rings (SSSR count). The van der Waals surface area contributed by atoms with E-state index in [1.807, 2.05) is 0 Å². The molecule has 9 heteroatoms. The molecule has 2 aromatic rings. The fourth-order valence-electron chi connectivity index (χ4n) is 2.03. The van der Waals surface area contributed by atoms with Gasteiger partial charge >= 0.3 is 6.18 Å². The maximum Gasteiger partial charge on any atom is 0.433 e. The largest absolute Gasteiger partial charge is 0.433 e. The topological polar surface area (TPSA) is 38.1 Å². The minimum atomic E-state index is -4.78. The summed E-state index contributed by atoms with van der Waals surface area (Å²) in [6.45, 7) is 1.70. The number of nitrogens with zero attached hydrogens (tertiary/aromatic N) is 3. The van der Waals surface area contributed by atoms with Crippen LogP contribution >= 0.6 is 11.6 Å². The van der Waals surface area contributed by atoms with Gasteiger partial charge in [0.25, 0.3) is 5.56 Å². The van der Waals surface area contributed by atoms with Gasteiger partial charge in [-0.25, -0.2) is 9.37 Å². The molecule has 0 aliphatic heterocycles. The van der Waals surface area contributed by atoms with Crippen molar-refractivity contribution < 1.29 is 17.6 Å². The lowest BCUT2D eigenvalue weighted by Gasteiger charge is -2.25. The van der Waals surface area contributed by atoms with Gasteiger partial charge in [0.1, 0.15) is 5.82 Å². The smallest absolute Gasteiger partial charge is 0.309 e. The van der Waals surface area contributed by atoms with Gasteiger partial charge in [0.15, 0.2) is 5.69 Å². The minimum absolute atomic E-state index is 0.0290. The number of halogens is 5. The van der Waals surface area contributed by atoms with E-state index in [4.69, 9.17) is 11.6 Å². The zero-order valence-electron chi connectivity index (χ0n) is 12.2. The fourth-order valence-corrected chi connectivity index (χ4v) is 2.19. The first-order chi connectivity index (χ1) is 10.6. The van der Waals surface area contributed by atoms with Gasteiger partial charge < -0.3 is 4.90 Å². The zero-order valence-corrected chi connectivity index (χ0v) is 12.9. The van der Waals surface area contributed by atoms with Gasteiger partial charge in [-0.1, -0.05) is 11.6 Å². The molecule has 0 aliphatic rings. The Hall–Kier alpha value is -2.09. The van der Waals surface area contributed by atoms with Gasteiger partial charge in [-0.05, 0) is 25.1 Å². The van der Waals surface area contributed by atoms with Crippen LogP contribution in [0, 0.1) is 5.82 Å². The number of rotatable bonds is 3. The van der Waals surface area contributed by atoms with Crippen LogP contribution in [-0.4, -0.2) is 16.1 Å². The lowest BCUT2D eigenvalue weighted by Crippen LogP contribution is -2.30. The van der Waals surface area contributed by atoms with Crippen LogP contribution < -0.4 is 10.5 Å². The third kappa shape index (κ3) is 3.47. The van der Waals surface area contributed by atoms with E-state index in [-0.39, 0.29) is 23.2 Å². The number of benzene rings is 1. The predicted octanol–water partition coefficient (Wildman–Crippen LogP) is 3.75. The van der Waals surface area contributed by atoms with Crippen molar-refractivity contribution in [3.05, 3.63) is 51.2 Å². The Labute approximate surface area is 133 Å². The molecule has 0 bridgehead atoms. The molecule has 1 heterocycles. The second-order valence-electron chi connectivity index (χ2n) is 4.68. The zero-order chi connectivity index (χ0) is 17.4. The quantitative estimate of drug-likeness (QED) is 0.792. The van der Waals surface area contributed by atoms with Crippen molar-refractivity contribution in [3.63, 3.8) is 0 Å². The molecule has 124 valence electrons. The average molecular weight is 350 g/mol. The average Bonchev–Trinajstić information content (AvgIpc) is 2.44. The number of aromatic nitrogens is 2. The van der Waals surface area contributed by atoms with Crippen LogP contribution in [0.3, 0.4) is 0 Å². The summed E-state index contributed by atoms with van der Waals surface area (Å²) in [5.41, 5.74) is -2.25. The van der Waals surface area contributed by atoms with Gasteiger partial charge in [0, 0.05) is 24.7 Å². The van der Waals surface area contributed by atoms with Gasteiger partial charge in [-0.2, -0.15) is 13.2 Å². The Morgan fingerprint density at radius 2 is 1.96 bits per heavy atom. The molecule has 0 unspecified atom stereocenters. The summed E-state index contributed by atoms with van der Waals surface area (Å²) in [5.74, 6) is -1.04. The molecule has 0 atom stereocenters. The highest BCUT2D eigenvalue weighted by Gasteiger charge is 2.34. The highest BCUT2D eigenvalue weighted by molar-refractivity contribution is 6.30. The maximum atomic E-state index is 14.1. The molecule has 0 saturated heterocycles. The summed E-state index contributed by atoms with van der Waals surface area (Å²) in [6.07, 6.45) is -4.78. The van der Waals surface area contributed by atoms with Crippen molar-refractivity contribution in [2.75, 3.05) is 11.4 Å². The fraction of sp³-hybridized carbons (Fsp3) is 0.286. The standard InChI is InChI=1S/C14H12ClF4N3O/c1-3-22(10-5-4-8(15)6-9(10)16)13-20-11(14(17,18)19)7-12(23)21(13)2/h4-7H,3H2,1-2H3. The first kappa shape index (κ1) is 17.3. The third-order valence-electron chi connectivity index (χ3n) is 3.16. The van der Waals surface area contributed by atoms with E-state index in [0.717, 1.165) is 10.6 Å². The lowest BCUT2D eigenvalue weighted by molar-refractivity contribution is -0.141. The summed E-state index contributed by atoms with van der Waals surface area (Å²) in [6, 6.07) is 4.14. The molecule has 0 amide bonds. The lowest BCUT2D eigenvalue weighted by atomic mass is 10.2. The van der Waals surface area contributed by atoms with E-state index in [2.05, 4.69) is 4.98 Å². The van der Waals surface area contributed by atoms with Crippen LogP contribution in [0.4, 0.5) is 29.2 Å². The highest BCUT2D eigenvalue weighted by Crippen LogP contribution is 2.31. The molecule has 0 aliphatic carbocycles. The normalized spacial score (nSPS) is 11.6. The van der Waals surface area contributed by atoms with Crippen molar-refractivity contribution in [1.29, 1.82) is 0 Å². The van der Waals surface area contributed by atoms with Gasteiger partial charge in [-0.15, -0.1) is 0 Å². The Kier molecular flexibility index (Phi) is 4.65. The monoisotopic (exact) mass is 349 g/mol. The summed E-state index contributed by atoms with van der Waals surface area (Å²) in [5, 5.41) is 0.146. The van der Waals surface area contributed by atoms with E-state index in [0.29, 0.717) is 6.07 Å². The molecular formula is C14H12ClF4N3O. The van der Waals surface area contributed by atoms with E-state index in [1.165, 1.54) is 24.1 Å². The molecule has 0 N–H and O–H groups in total. The highest BCUT2D eigenvalue weighted by atomic mass is 35.5. The van der Waals surface area contributed by atoms with Crippen LogP contribution in [0.25, 0.3) is 0 Å². The van der Waals surface area contributed by atoms with Crippen molar-refractivity contribution in [2.24, 2.45) is 7.05 Å². The summed E-state index contributed by atoms with van der Waals surface area (Å²) < 4.78 is 53.6. The first-order valence-corrected chi connectivity index (χ1v) is 6.90. The second kappa shape index (κ2) is 6.19. The second-order valence-corrected chi connectivity index (χ2v) is 5.11. The van der Waals surface area contributed by atoms with E-state index < -0.39 is 23.2 Å². The number of anilines is 2. The van der Waals surface area contributed by atoms with Crippen LogP contribution in [-0.2, 0) is 13.2 Å². The van der Waals surface area contributed by atoms with E-state index in [1.54, 1.807) is 6.92 Å². The summed E-state index contributed by atoms with van der Waals surface area (Å²) in [7, 11) is 1.27. The maximum absolute atomic E-state index is 14.1.